The zero-order valence-electron chi connectivity index (χ0n) is 16.1. The summed E-state index contributed by atoms with van der Waals surface area (Å²) in [4.78, 5) is 31.1. The Morgan fingerprint density at radius 1 is 1.21 bits per heavy atom. The van der Waals surface area contributed by atoms with Crippen LogP contribution in [-0.2, 0) is 9.59 Å². The largest absolute Gasteiger partial charge is 0.492 e. The fraction of sp³-hybridized carbons (Fsp3) is 0.286. The molecule has 146 valence electrons. The van der Waals surface area contributed by atoms with Crippen LogP contribution in [0.2, 0.25) is 0 Å². The summed E-state index contributed by atoms with van der Waals surface area (Å²) in [6.07, 6.45) is 0.0707. The molecule has 0 saturated carbocycles. The summed E-state index contributed by atoms with van der Waals surface area (Å²) >= 11 is 1.31. The van der Waals surface area contributed by atoms with Gasteiger partial charge in [0.1, 0.15) is 11.0 Å². The van der Waals surface area contributed by atoms with Crippen LogP contribution in [0.4, 0.5) is 11.4 Å². The topological polar surface area (TPSA) is 71.0 Å². The number of aliphatic imine (C=N–C) groups is 1. The Balaban J connectivity index is 1.67. The second-order valence-electron chi connectivity index (χ2n) is 6.42. The molecule has 0 bridgehead atoms. The minimum absolute atomic E-state index is 0.0707. The fourth-order valence-corrected chi connectivity index (χ4v) is 3.90. The van der Waals surface area contributed by atoms with E-state index >= 15 is 0 Å². The summed E-state index contributed by atoms with van der Waals surface area (Å²) < 4.78 is 5.52. The van der Waals surface area contributed by atoms with Gasteiger partial charge in [-0.15, -0.1) is 0 Å². The monoisotopic (exact) mass is 397 g/mol. The van der Waals surface area contributed by atoms with Crippen molar-refractivity contribution in [2.24, 2.45) is 4.99 Å². The Bertz CT molecular complexity index is 896. The van der Waals surface area contributed by atoms with Crippen LogP contribution in [0.5, 0.6) is 5.75 Å². The molecule has 3 rings (SSSR count). The minimum Gasteiger partial charge on any atom is -0.492 e. The van der Waals surface area contributed by atoms with Gasteiger partial charge < -0.3 is 10.1 Å². The van der Waals surface area contributed by atoms with E-state index in [9.17, 15) is 9.59 Å². The second kappa shape index (κ2) is 8.93. The molecule has 0 aliphatic carbocycles. The van der Waals surface area contributed by atoms with Crippen LogP contribution >= 0.6 is 11.8 Å². The van der Waals surface area contributed by atoms with Crippen LogP contribution in [0, 0.1) is 6.92 Å². The van der Waals surface area contributed by atoms with Gasteiger partial charge in [0.25, 0.3) is 0 Å². The summed E-state index contributed by atoms with van der Waals surface area (Å²) in [5.41, 5.74) is 2.53. The maximum atomic E-state index is 12.5. The number of amides is 2. The van der Waals surface area contributed by atoms with Crippen LogP contribution in [-0.4, -0.2) is 40.8 Å². The van der Waals surface area contributed by atoms with Crippen molar-refractivity contribution in [3.63, 3.8) is 0 Å². The van der Waals surface area contributed by atoms with E-state index < -0.39 is 5.25 Å². The number of amidine groups is 1. The van der Waals surface area contributed by atoms with E-state index in [1.54, 1.807) is 19.2 Å². The summed E-state index contributed by atoms with van der Waals surface area (Å²) in [5.74, 6) is 0.259. The van der Waals surface area contributed by atoms with Gasteiger partial charge in [-0.1, -0.05) is 41.6 Å². The highest BCUT2D eigenvalue weighted by atomic mass is 32.2. The number of rotatable bonds is 6. The molecule has 7 heteroatoms. The van der Waals surface area contributed by atoms with E-state index in [1.165, 1.54) is 16.7 Å². The highest BCUT2D eigenvalue weighted by Gasteiger charge is 2.37. The third kappa shape index (κ3) is 4.72. The molecule has 1 saturated heterocycles. The molecule has 0 aromatic heterocycles. The first-order valence-electron chi connectivity index (χ1n) is 9.09. The molecule has 2 aromatic carbocycles. The quantitative estimate of drug-likeness (QED) is 0.800. The molecule has 6 nitrogen and oxygen atoms in total. The van der Waals surface area contributed by atoms with Gasteiger partial charge in [0.2, 0.25) is 11.8 Å². The standard InChI is InChI=1S/C21H23N3O3S/c1-4-27-17-8-6-5-7-16(17)23-19(25)13-18-20(26)24(3)21(28-18)22-15-11-9-14(2)10-12-15/h5-12,18H,4,13H2,1-3H3,(H,23,25)/t18-/m0/s1. The molecule has 1 heterocycles. The van der Waals surface area contributed by atoms with Crippen molar-refractivity contribution >= 4 is 40.1 Å². The molecule has 1 fully saturated rings. The predicted octanol–water partition coefficient (Wildman–Crippen LogP) is 3.98. The maximum absolute atomic E-state index is 12.5. The van der Waals surface area contributed by atoms with Crippen molar-refractivity contribution in [1.82, 2.24) is 4.90 Å². The van der Waals surface area contributed by atoms with Crippen molar-refractivity contribution in [2.75, 3.05) is 19.0 Å². The number of para-hydroxylation sites is 2. The summed E-state index contributed by atoms with van der Waals surface area (Å²) in [6, 6.07) is 15.0. The van der Waals surface area contributed by atoms with Crippen molar-refractivity contribution < 1.29 is 14.3 Å². The Morgan fingerprint density at radius 2 is 1.93 bits per heavy atom. The number of thioether (sulfide) groups is 1. The molecule has 0 unspecified atom stereocenters. The molecular weight excluding hydrogens is 374 g/mol. The number of carbonyl (C=O) groups is 2. The molecule has 2 aromatic rings. The lowest BCUT2D eigenvalue weighted by Crippen LogP contribution is -2.30. The molecule has 1 aliphatic heterocycles. The number of nitrogens with one attached hydrogen (secondary N) is 1. The lowest BCUT2D eigenvalue weighted by molar-refractivity contribution is -0.127. The SMILES string of the molecule is CCOc1ccccc1NC(=O)C[C@@H]1SC(=Nc2ccc(C)cc2)N(C)C1=O. The van der Waals surface area contributed by atoms with E-state index in [1.807, 2.05) is 50.2 Å². The van der Waals surface area contributed by atoms with Crippen molar-refractivity contribution in [3.05, 3.63) is 54.1 Å². The van der Waals surface area contributed by atoms with Gasteiger partial charge in [-0.3, -0.25) is 14.5 Å². The number of carbonyl (C=O) groups excluding carboxylic acids is 2. The number of benzene rings is 2. The number of hydrogen-bond donors (Lipinski definition) is 1. The molecular formula is C21H23N3O3S. The van der Waals surface area contributed by atoms with Gasteiger partial charge in [-0.05, 0) is 38.1 Å². The molecule has 0 radical (unpaired) electrons. The normalized spacial score (nSPS) is 17.8. The average molecular weight is 398 g/mol. The highest BCUT2D eigenvalue weighted by molar-refractivity contribution is 8.15. The highest BCUT2D eigenvalue weighted by Crippen LogP contribution is 2.31. The molecule has 2 amide bonds. The number of hydrogen-bond acceptors (Lipinski definition) is 5. The Morgan fingerprint density at radius 3 is 2.64 bits per heavy atom. The summed E-state index contributed by atoms with van der Waals surface area (Å²) in [5, 5.41) is 2.95. The minimum atomic E-state index is -0.492. The van der Waals surface area contributed by atoms with Gasteiger partial charge in [-0.2, -0.15) is 0 Å². The zero-order chi connectivity index (χ0) is 20.1. The first-order chi connectivity index (χ1) is 13.5. The third-order valence-electron chi connectivity index (χ3n) is 4.23. The van der Waals surface area contributed by atoms with Crippen LogP contribution < -0.4 is 10.1 Å². The van der Waals surface area contributed by atoms with E-state index in [0.29, 0.717) is 23.2 Å². The smallest absolute Gasteiger partial charge is 0.242 e. The number of ether oxygens (including phenoxy) is 1. The lowest BCUT2D eigenvalue weighted by Gasteiger charge is -2.12. The molecule has 1 N–H and O–H groups in total. The van der Waals surface area contributed by atoms with E-state index in [0.717, 1.165) is 11.3 Å². The predicted molar refractivity (Wildman–Crippen MR) is 113 cm³/mol. The Kier molecular flexibility index (Phi) is 6.36. The molecule has 1 atom stereocenters. The van der Waals surface area contributed by atoms with Gasteiger partial charge in [-0.25, -0.2) is 4.99 Å². The van der Waals surface area contributed by atoms with Crippen molar-refractivity contribution in [2.45, 2.75) is 25.5 Å². The van der Waals surface area contributed by atoms with Crippen molar-refractivity contribution in [3.8, 4) is 5.75 Å². The third-order valence-corrected chi connectivity index (χ3v) is 5.46. The van der Waals surface area contributed by atoms with E-state index in [2.05, 4.69) is 10.3 Å². The van der Waals surface area contributed by atoms with E-state index in [4.69, 9.17) is 4.74 Å². The first kappa shape index (κ1) is 19.9. The van der Waals surface area contributed by atoms with Gasteiger partial charge in [0, 0.05) is 13.5 Å². The lowest BCUT2D eigenvalue weighted by atomic mass is 10.2. The van der Waals surface area contributed by atoms with Crippen LogP contribution in [0.1, 0.15) is 18.9 Å². The van der Waals surface area contributed by atoms with Gasteiger partial charge >= 0.3 is 0 Å². The van der Waals surface area contributed by atoms with Gasteiger partial charge in [0.15, 0.2) is 5.17 Å². The number of nitrogens with zero attached hydrogens (tertiary/aromatic N) is 2. The fourth-order valence-electron chi connectivity index (χ4n) is 2.75. The molecule has 28 heavy (non-hydrogen) atoms. The maximum Gasteiger partial charge on any atom is 0.242 e. The Labute approximate surface area is 169 Å². The zero-order valence-corrected chi connectivity index (χ0v) is 17.0. The molecule has 1 aliphatic rings. The summed E-state index contributed by atoms with van der Waals surface area (Å²) in [6.45, 7) is 4.40. The first-order valence-corrected chi connectivity index (χ1v) is 9.97. The van der Waals surface area contributed by atoms with Crippen LogP contribution in [0.25, 0.3) is 0 Å². The second-order valence-corrected chi connectivity index (χ2v) is 7.59. The number of anilines is 1. The van der Waals surface area contributed by atoms with Crippen LogP contribution in [0.15, 0.2) is 53.5 Å². The number of aryl methyl sites for hydroxylation is 1. The Hall–Kier alpha value is -2.80. The molecule has 0 spiro atoms. The van der Waals surface area contributed by atoms with Crippen molar-refractivity contribution in [1.29, 1.82) is 0 Å². The average Bonchev–Trinajstić information content (AvgIpc) is 2.93. The van der Waals surface area contributed by atoms with Gasteiger partial charge in [0.05, 0.1) is 18.0 Å². The van der Waals surface area contributed by atoms with Crippen LogP contribution in [0.3, 0.4) is 0 Å². The van der Waals surface area contributed by atoms with E-state index in [-0.39, 0.29) is 18.2 Å². The summed E-state index contributed by atoms with van der Waals surface area (Å²) in [7, 11) is 1.69.